The summed E-state index contributed by atoms with van der Waals surface area (Å²) in [4.78, 5) is 17.0. The number of fused-ring (bicyclic) bond motifs is 1. The number of carbonyl (C=O) groups excluding carboxylic acids is 1. The average molecular weight is 384 g/mol. The van der Waals surface area contributed by atoms with Gasteiger partial charge in [-0.1, -0.05) is 35.5 Å². The van der Waals surface area contributed by atoms with Crippen molar-refractivity contribution in [2.45, 2.75) is 25.8 Å². The molecule has 1 aliphatic heterocycles. The summed E-state index contributed by atoms with van der Waals surface area (Å²) in [7, 11) is 0. The van der Waals surface area contributed by atoms with Crippen molar-refractivity contribution in [2.24, 2.45) is 0 Å². The topological polar surface area (TPSA) is 77.6 Å². The summed E-state index contributed by atoms with van der Waals surface area (Å²) in [5.74, 6) is -0.0581. The van der Waals surface area contributed by atoms with Gasteiger partial charge < -0.3 is 9.88 Å². The van der Waals surface area contributed by atoms with E-state index in [9.17, 15) is 4.79 Å². The molecule has 0 saturated carbocycles. The highest BCUT2D eigenvalue weighted by atomic mass is 16.2. The maximum absolute atomic E-state index is 12.7. The van der Waals surface area contributed by atoms with Crippen molar-refractivity contribution in [2.75, 3.05) is 5.32 Å². The highest BCUT2D eigenvalue weighted by molar-refractivity contribution is 5.95. The van der Waals surface area contributed by atoms with Crippen molar-refractivity contribution in [3.05, 3.63) is 78.5 Å². The lowest BCUT2D eigenvalue weighted by molar-refractivity contribution is -0.119. The number of nitrogens with one attached hydrogen (secondary N) is 1. The van der Waals surface area contributed by atoms with Gasteiger partial charge in [-0.25, -0.2) is 9.67 Å². The third-order valence-corrected chi connectivity index (χ3v) is 5.27. The lowest BCUT2D eigenvalue weighted by Crippen LogP contribution is -2.25. The fraction of sp³-hybridized carbons (Fsp3) is 0.182. The van der Waals surface area contributed by atoms with Gasteiger partial charge in [-0.05, 0) is 43.5 Å². The van der Waals surface area contributed by atoms with E-state index in [0.29, 0.717) is 6.42 Å². The maximum atomic E-state index is 12.7. The third-order valence-electron chi connectivity index (χ3n) is 5.27. The molecule has 0 spiro atoms. The van der Waals surface area contributed by atoms with Gasteiger partial charge in [0.1, 0.15) is 11.7 Å². The number of benzene rings is 2. The van der Waals surface area contributed by atoms with Crippen molar-refractivity contribution in [3.63, 3.8) is 0 Å². The van der Waals surface area contributed by atoms with Gasteiger partial charge in [0.2, 0.25) is 5.91 Å². The van der Waals surface area contributed by atoms with Gasteiger partial charge in [0.05, 0.1) is 18.2 Å². The van der Waals surface area contributed by atoms with Crippen LogP contribution < -0.4 is 5.32 Å². The summed E-state index contributed by atoms with van der Waals surface area (Å²) in [6, 6.07) is 15.6. The first-order chi connectivity index (χ1) is 14.2. The highest BCUT2D eigenvalue weighted by Gasteiger charge is 2.26. The van der Waals surface area contributed by atoms with Crippen molar-refractivity contribution in [1.82, 2.24) is 24.5 Å². The number of hydrogen-bond acceptors (Lipinski definition) is 4. The van der Waals surface area contributed by atoms with E-state index >= 15 is 0 Å². The Morgan fingerprint density at radius 3 is 2.69 bits per heavy atom. The van der Waals surface area contributed by atoms with Crippen molar-refractivity contribution < 1.29 is 4.79 Å². The van der Waals surface area contributed by atoms with E-state index in [2.05, 4.69) is 20.6 Å². The second-order valence-corrected chi connectivity index (χ2v) is 7.25. The van der Waals surface area contributed by atoms with E-state index < -0.39 is 0 Å². The molecule has 4 aromatic rings. The molecule has 144 valence electrons. The van der Waals surface area contributed by atoms with Crippen LogP contribution in [0, 0.1) is 6.92 Å². The van der Waals surface area contributed by atoms with E-state index in [4.69, 9.17) is 0 Å². The van der Waals surface area contributed by atoms with E-state index in [1.165, 1.54) is 0 Å². The number of nitrogens with zero attached hydrogens (tertiary/aromatic N) is 5. The Hall–Kier alpha value is -3.74. The molecule has 1 atom stereocenters. The molecule has 0 bridgehead atoms. The molecule has 0 fully saturated rings. The molecule has 1 amide bonds. The number of aromatic nitrogens is 5. The van der Waals surface area contributed by atoms with Crippen LogP contribution in [0.3, 0.4) is 0 Å². The zero-order chi connectivity index (χ0) is 19.8. The number of anilines is 1. The standard InChI is InChI=1S/C22H20N6O/c1-15-12-27(14-23-15)18-9-6-17(7-10-18)20-13-28(26-25-20)21-11-8-16-4-2-3-5-19(16)24-22(21)29/h2-7,9-10,12-14,21H,8,11H2,1H3,(H,24,29). The van der Waals surface area contributed by atoms with Crippen LogP contribution in [0.15, 0.2) is 67.3 Å². The Kier molecular flexibility index (Phi) is 4.20. The molecular weight excluding hydrogens is 364 g/mol. The van der Waals surface area contributed by atoms with Gasteiger partial charge in [0, 0.05) is 23.1 Å². The Morgan fingerprint density at radius 1 is 1.07 bits per heavy atom. The Balaban J connectivity index is 1.37. The number of imidazole rings is 1. The Bertz CT molecular complexity index is 1170. The smallest absolute Gasteiger partial charge is 0.249 e. The first-order valence-electron chi connectivity index (χ1n) is 9.59. The van der Waals surface area contributed by atoms with Crippen LogP contribution in [0.1, 0.15) is 23.7 Å². The minimum atomic E-state index is -0.378. The SMILES string of the molecule is Cc1cn(-c2ccc(-c3cn(C4CCc5ccccc5NC4=O)nn3)cc2)cn1. The molecule has 0 aliphatic carbocycles. The van der Waals surface area contributed by atoms with Crippen LogP contribution >= 0.6 is 0 Å². The van der Waals surface area contributed by atoms with E-state index in [0.717, 1.165) is 40.3 Å². The zero-order valence-electron chi connectivity index (χ0n) is 16.0. The largest absolute Gasteiger partial charge is 0.324 e. The number of amides is 1. The third kappa shape index (κ3) is 3.31. The molecule has 5 rings (SSSR count). The predicted octanol–water partition coefficient (Wildman–Crippen LogP) is 3.57. The van der Waals surface area contributed by atoms with Crippen LogP contribution in [0.2, 0.25) is 0 Å². The summed E-state index contributed by atoms with van der Waals surface area (Å²) in [6.45, 7) is 1.96. The van der Waals surface area contributed by atoms with E-state index in [1.807, 2.05) is 72.4 Å². The molecule has 3 heterocycles. The van der Waals surface area contributed by atoms with Gasteiger partial charge in [-0.3, -0.25) is 4.79 Å². The first-order valence-corrected chi connectivity index (χ1v) is 9.59. The molecule has 7 heteroatoms. The lowest BCUT2D eigenvalue weighted by atomic mass is 10.1. The summed E-state index contributed by atoms with van der Waals surface area (Å²) in [5, 5.41) is 11.6. The van der Waals surface area contributed by atoms with Gasteiger partial charge in [0.25, 0.3) is 0 Å². The minimum Gasteiger partial charge on any atom is -0.324 e. The molecular formula is C22H20N6O. The predicted molar refractivity (Wildman–Crippen MR) is 110 cm³/mol. The first kappa shape index (κ1) is 17.4. The fourth-order valence-corrected chi connectivity index (χ4v) is 3.68. The van der Waals surface area contributed by atoms with Gasteiger partial charge in [0.15, 0.2) is 0 Å². The van der Waals surface area contributed by atoms with Crippen LogP contribution in [0.5, 0.6) is 0 Å². The van der Waals surface area contributed by atoms with Crippen LogP contribution in [-0.2, 0) is 11.2 Å². The summed E-state index contributed by atoms with van der Waals surface area (Å²) >= 11 is 0. The normalized spacial score (nSPS) is 16.2. The van der Waals surface area contributed by atoms with Crippen LogP contribution in [-0.4, -0.2) is 30.5 Å². The van der Waals surface area contributed by atoms with E-state index in [-0.39, 0.29) is 11.9 Å². The zero-order valence-corrected chi connectivity index (χ0v) is 16.0. The monoisotopic (exact) mass is 384 g/mol. The van der Waals surface area contributed by atoms with Crippen molar-refractivity contribution in [1.29, 1.82) is 0 Å². The van der Waals surface area contributed by atoms with Gasteiger partial charge >= 0.3 is 0 Å². The molecule has 1 aliphatic rings. The molecule has 2 aromatic heterocycles. The van der Waals surface area contributed by atoms with Crippen LogP contribution in [0.4, 0.5) is 5.69 Å². The molecule has 2 aromatic carbocycles. The Morgan fingerprint density at radius 2 is 1.90 bits per heavy atom. The molecule has 1 N–H and O–H groups in total. The highest BCUT2D eigenvalue weighted by Crippen LogP contribution is 2.27. The number of rotatable bonds is 3. The average Bonchev–Trinajstić information content (AvgIpc) is 3.35. The fourth-order valence-electron chi connectivity index (χ4n) is 3.68. The van der Waals surface area contributed by atoms with Crippen molar-refractivity contribution in [3.8, 4) is 16.9 Å². The molecule has 29 heavy (non-hydrogen) atoms. The second kappa shape index (κ2) is 7.01. The number of hydrogen-bond donors (Lipinski definition) is 1. The molecule has 7 nitrogen and oxygen atoms in total. The van der Waals surface area contributed by atoms with Gasteiger partial charge in [-0.2, -0.15) is 0 Å². The quantitative estimate of drug-likeness (QED) is 0.586. The van der Waals surface area contributed by atoms with Gasteiger partial charge in [-0.15, -0.1) is 5.10 Å². The summed E-state index contributed by atoms with van der Waals surface area (Å²) in [6.07, 6.45) is 7.12. The minimum absolute atomic E-state index is 0.0581. The van der Waals surface area contributed by atoms with Crippen molar-refractivity contribution >= 4 is 11.6 Å². The van der Waals surface area contributed by atoms with E-state index in [1.54, 1.807) is 11.0 Å². The molecule has 1 unspecified atom stereocenters. The Labute approximate surface area is 168 Å². The maximum Gasteiger partial charge on any atom is 0.249 e. The molecule has 0 radical (unpaired) electrons. The molecule has 0 saturated heterocycles. The second-order valence-electron chi connectivity index (χ2n) is 7.25. The van der Waals surface area contributed by atoms with Crippen LogP contribution in [0.25, 0.3) is 16.9 Å². The lowest BCUT2D eigenvalue weighted by Gasteiger charge is -2.12. The summed E-state index contributed by atoms with van der Waals surface area (Å²) < 4.78 is 3.65. The number of para-hydroxylation sites is 1. The number of carbonyl (C=O) groups is 1. The summed E-state index contributed by atoms with van der Waals surface area (Å²) in [5.41, 5.74) is 5.73. The number of aryl methyl sites for hydroxylation is 2.